The number of hydrogen-bond acceptors (Lipinski definition) is 3. The van der Waals surface area contributed by atoms with E-state index < -0.39 is 0 Å². The first-order valence-corrected chi connectivity index (χ1v) is 7.53. The van der Waals surface area contributed by atoms with Crippen molar-refractivity contribution in [2.45, 2.75) is 6.54 Å². The van der Waals surface area contributed by atoms with E-state index in [4.69, 9.17) is 4.74 Å². The molecule has 1 N–H and O–H groups in total. The standard InChI is InChI=1S/C17H15BrN2O/c1-19-11-13-10-12-6-2-4-8-15(12)20-17(13)21-16-9-5-3-7-14(16)18/h2-10,19H,11H2,1H3. The van der Waals surface area contributed by atoms with E-state index in [1.54, 1.807) is 0 Å². The Labute approximate surface area is 132 Å². The molecule has 21 heavy (non-hydrogen) atoms. The largest absolute Gasteiger partial charge is 0.437 e. The van der Waals surface area contributed by atoms with Crippen molar-refractivity contribution in [2.24, 2.45) is 0 Å². The third kappa shape index (κ3) is 3.06. The van der Waals surface area contributed by atoms with E-state index in [-0.39, 0.29) is 0 Å². The predicted molar refractivity (Wildman–Crippen MR) is 88.7 cm³/mol. The molecule has 0 radical (unpaired) electrons. The summed E-state index contributed by atoms with van der Waals surface area (Å²) in [6, 6.07) is 17.9. The maximum absolute atomic E-state index is 6.00. The van der Waals surface area contributed by atoms with Gasteiger partial charge in [0.05, 0.1) is 9.99 Å². The van der Waals surface area contributed by atoms with E-state index in [2.05, 4.69) is 38.4 Å². The van der Waals surface area contributed by atoms with Gasteiger partial charge in [-0.3, -0.25) is 0 Å². The first-order valence-electron chi connectivity index (χ1n) is 6.73. The van der Waals surface area contributed by atoms with Crippen LogP contribution < -0.4 is 10.1 Å². The fourth-order valence-electron chi connectivity index (χ4n) is 2.18. The average molecular weight is 343 g/mol. The molecule has 106 valence electrons. The molecule has 0 unspecified atom stereocenters. The first-order chi connectivity index (χ1) is 10.3. The molecule has 1 heterocycles. The monoisotopic (exact) mass is 342 g/mol. The summed E-state index contributed by atoms with van der Waals surface area (Å²) in [6.07, 6.45) is 0. The van der Waals surface area contributed by atoms with Crippen LogP contribution in [-0.2, 0) is 6.54 Å². The second kappa shape index (κ2) is 6.24. The molecule has 0 bridgehead atoms. The van der Waals surface area contributed by atoms with Crippen molar-refractivity contribution >= 4 is 26.8 Å². The van der Waals surface area contributed by atoms with Gasteiger partial charge in [0.2, 0.25) is 5.88 Å². The van der Waals surface area contributed by atoms with E-state index in [0.717, 1.165) is 26.7 Å². The van der Waals surface area contributed by atoms with Crippen LogP contribution in [0, 0.1) is 0 Å². The van der Waals surface area contributed by atoms with Crippen molar-refractivity contribution in [3.63, 3.8) is 0 Å². The topological polar surface area (TPSA) is 34.2 Å². The number of rotatable bonds is 4. The Morgan fingerprint density at radius 2 is 1.86 bits per heavy atom. The predicted octanol–water partition coefficient (Wildman–Crippen LogP) is 4.51. The van der Waals surface area contributed by atoms with Crippen molar-refractivity contribution in [1.29, 1.82) is 0 Å². The van der Waals surface area contributed by atoms with Crippen LogP contribution in [0.3, 0.4) is 0 Å². The van der Waals surface area contributed by atoms with Crippen molar-refractivity contribution in [2.75, 3.05) is 7.05 Å². The van der Waals surface area contributed by atoms with E-state index in [9.17, 15) is 0 Å². The van der Waals surface area contributed by atoms with Gasteiger partial charge in [-0.1, -0.05) is 30.3 Å². The van der Waals surface area contributed by atoms with Crippen LogP contribution in [0.2, 0.25) is 0 Å². The first kappa shape index (κ1) is 14.0. The van der Waals surface area contributed by atoms with Crippen LogP contribution in [0.5, 0.6) is 11.6 Å². The summed E-state index contributed by atoms with van der Waals surface area (Å²) in [4.78, 5) is 4.65. The average Bonchev–Trinajstić information content (AvgIpc) is 2.50. The quantitative estimate of drug-likeness (QED) is 0.757. The minimum Gasteiger partial charge on any atom is -0.437 e. The molecule has 2 aromatic carbocycles. The molecule has 0 atom stereocenters. The second-order valence-corrected chi connectivity index (χ2v) is 5.56. The lowest BCUT2D eigenvalue weighted by molar-refractivity contribution is 0.454. The van der Waals surface area contributed by atoms with Crippen LogP contribution in [0.15, 0.2) is 59.1 Å². The number of nitrogens with zero attached hydrogens (tertiary/aromatic N) is 1. The van der Waals surface area contributed by atoms with Crippen molar-refractivity contribution < 1.29 is 4.74 Å². The molecule has 0 saturated carbocycles. The summed E-state index contributed by atoms with van der Waals surface area (Å²) in [5.74, 6) is 1.40. The number of pyridine rings is 1. The number of benzene rings is 2. The van der Waals surface area contributed by atoms with Gasteiger partial charge in [-0.25, -0.2) is 4.98 Å². The molecule has 0 aliphatic rings. The summed E-state index contributed by atoms with van der Waals surface area (Å²) < 4.78 is 6.92. The molecule has 0 fully saturated rings. The van der Waals surface area contributed by atoms with Gasteiger partial charge in [-0.2, -0.15) is 0 Å². The Balaban J connectivity index is 2.07. The fourth-order valence-corrected chi connectivity index (χ4v) is 2.54. The molecule has 0 spiro atoms. The number of nitrogens with one attached hydrogen (secondary N) is 1. The van der Waals surface area contributed by atoms with Gasteiger partial charge in [0, 0.05) is 17.5 Å². The van der Waals surface area contributed by atoms with Crippen LogP contribution >= 0.6 is 15.9 Å². The number of fused-ring (bicyclic) bond motifs is 1. The molecule has 4 heteroatoms. The maximum atomic E-state index is 6.00. The molecule has 1 aromatic heterocycles. The molecule has 3 nitrogen and oxygen atoms in total. The summed E-state index contributed by atoms with van der Waals surface area (Å²) in [6.45, 7) is 0.706. The molecule has 0 aliphatic heterocycles. The number of hydrogen-bond donors (Lipinski definition) is 1. The van der Waals surface area contributed by atoms with Gasteiger partial charge in [-0.05, 0) is 47.2 Å². The molecule has 0 saturated heterocycles. The zero-order valence-electron chi connectivity index (χ0n) is 11.6. The number of aromatic nitrogens is 1. The molecular formula is C17H15BrN2O. The SMILES string of the molecule is CNCc1cc2ccccc2nc1Oc1ccccc1Br. The lowest BCUT2D eigenvalue weighted by Crippen LogP contribution is -2.07. The van der Waals surface area contributed by atoms with Crippen molar-refractivity contribution in [1.82, 2.24) is 10.3 Å². The minimum atomic E-state index is 0.634. The fraction of sp³-hybridized carbons (Fsp3) is 0.118. The normalized spacial score (nSPS) is 10.8. The van der Waals surface area contributed by atoms with E-state index >= 15 is 0 Å². The van der Waals surface area contributed by atoms with Gasteiger partial charge >= 0.3 is 0 Å². The van der Waals surface area contributed by atoms with Crippen molar-refractivity contribution in [3.8, 4) is 11.6 Å². The second-order valence-electron chi connectivity index (χ2n) is 4.71. The van der Waals surface area contributed by atoms with Crippen molar-refractivity contribution in [3.05, 3.63) is 64.6 Å². The van der Waals surface area contributed by atoms with Gasteiger partial charge in [0.1, 0.15) is 5.75 Å². The van der Waals surface area contributed by atoms with E-state index in [1.165, 1.54) is 0 Å². The maximum Gasteiger partial charge on any atom is 0.224 e. The summed E-state index contributed by atoms with van der Waals surface area (Å²) in [5.41, 5.74) is 1.96. The smallest absolute Gasteiger partial charge is 0.224 e. The minimum absolute atomic E-state index is 0.634. The highest BCUT2D eigenvalue weighted by Gasteiger charge is 2.10. The zero-order valence-corrected chi connectivity index (χ0v) is 13.2. The van der Waals surface area contributed by atoms with Gasteiger partial charge in [0.15, 0.2) is 0 Å². The van der Waals surface area contributed by atoms with Gasteiger partial charge in [-0.15, -0.1) is 0 Å². The Morgan fingerprint density at radius 3 is 2.67 bits per heavy atom. The summed E-state index contributed by atoms with van der Waals surface area (Å²) in [7, 11) is 1.91. The lowest BCUT2D eigenvalue weighted by atomic mass is 10.1. The number of halogens is 1. The van der Waals surface area contributed by atoms with Gasteiger partial charge < -0.3 is 10.1 Å². The number of para-hydroxylation sites is 2. The molecule has 0 amide bonds. The van der Waals surface area contributed by atoms with Gasteiger partial charge in [0.25, 0.3) is 0 Å². The third-order valence-electron chi connectivity index (χ3n) is 3.17. The molecule has 3 rings (SSSR count). The molecule has 0 aliphatic carbocycles. The summed E-state index contributed by atoms with van der Waals surface area (Å²) in [5, 5.41) is 4.27. The number of ether oxygens (including phenoxy) is 1. The van der Waals surface area contributed by atoms with Crippen LogP contribution in [0.1, 0.15) is 5.56 Å². The highest BCUT2D eigenvalue weighted by molar-refractivity contribution is 9.10. The Kier molecular flexibility index (Phi) is 4.18. The third-order valence-corrected chi connectivity index (χ3v) is 3.83. The highest BCUT2D eigenvalue weighted by Crippen LogP contribution is 2.31. The zero-order chi connectivity index (χ0) is 14.7. The highest BCUT2D eigenvalue weighted by atomic mass is 79.9. The van der Waals surface area contributed by atoms with Crippen LogP contribution in [-0.4, -0.2) is 12.0 Å². The Bertz CT molecular complexity index is 774. The summed E-state index contributed by atoms with van der Waals surface area (Å²) >= 11 is 3.50. The Morgan fingerprint density at radius 1 is 1.10 bits per heavy atom. The lowest BCUT2D eigenvalue weighted by Gasteiger charge is -2.12. The molecule has 3 aromatic rings. The Hall–Kier alpha value is -1.91. The van der Waals surface area contributed by atoms with E-state index in [0.29, 0.717) is 12.4 Å². The van der Waals surface area contributed by atoms with E-state index in [1.807, 2.05) is 49.5 Å². The van der Waals surface area contributed by atoms with Crippen LogP contribution in [0.4, 0.5) is 0 Å². The van der Waals surface area contributed by atoms with Crippen LogP contribution in [0.25, 0.3) is 10.9 Å². The molecular weight excluding hydrogens is 328 g/mol.